The van der Waals surface area contributed by atoms with Gasteiger partial charge in [0.2, 0.25) is 11.7 Å². The Hall–Kier alpha value is -2.90. The summed E-state index contributed by atoms with van der Waals surface area (Å²) in [6, 6.07) is 6.77. The third-order valence-corrected chi connectivity index (χ3v) is 4.30. The molecule has 1 aromatic carbocycles. The number of likely N-dealkylation sites (tertiary alicyclic amines) is 1. The molecule has 25 heavy (non-hydrogen) atoms. The highest BCUT2D eigenvalue weighted by Gasteiger charge is 2.42. The molecule has 2 heterocycles. The molecule has 132 valence electrons. The maximum atomic E-state index is 12.6. The van der Waals surface area contributed by atoms with Crippen LogP contribution in [0.3, 0.4) is 0 Å². The number of hydrogen-bond acceptors (Lipinski definition) is 6. The van der Waals surface area contributed by atoms with E-state index in [1.807, 2.05) is 0 Å². The van der Waals surface area contributed by atoms with Crippen molar-refractivity contribution in [1.29, 1.82) is 0 Å². The Balaban J connectivity index is 1.67. The van der Waals surface area contributed by atoms with Gasteiger partial charge in [-0.15, -0.1) is 0 Å². The number of aliphatic carboxylic acids is 1. The van der Waals surface area contributed by atoms with E-state index in [2.05, 4.69) is 10.1 Å². The zero-order chi connectivity index (χ0) is 18.0. The first-order valence-corrected chi connectivity index (χ1v) is 7.92. The lowest BCUT2D eigenvalue weighted by molar-refractivity contribution is -0.147. The van der Waals surface area contributed by atoms with Crippen LogP contribution in [0.4, 0.5) is 0 Å². The highest BCUT2D eigenvalue weighted by molar-refractivity contribution is 5.95. The van der Waals surface area contributed by atoms with Gasteiger partial charge in [0.05, 0.1) is 5.41 Å². The van der Waals surface area contributed by atoms with Gasteiger partial charge in [0, 0.05) is 25.6 Å². The minimum absolute atomic E-state index is 0.135. The summed E-state index contributed by atoms with van der Waals surface area (Å²) in [4.78, 5) is 29.6. The molecule has 1 aliphatic heterocycles. The summed E-state index contributed by atoms with van der Waals surface area (Å²) in [5.74, 6) is 0.304. The van der Waals surface area contributed by atoms with Gasteiger partial charge in [-0.3, -0.25) is 9.59 Å². The molecule has 0 saturated carbocycles. The molecule has 1 aromatic heterocycles. The standard InChI is InChI=1S/C17H19N3O5/c1-11-18-14(19-25-11)9-24-13-5-3-4-12(8-13)15(21)20-7-6-17(2,10-20)16(22)23/h3-5,8H,6-7,9-10H2,1-2H3,(H,22,23). The Morgan fingerprint density at radius 2 is 2.24 bits per heavy atom. The van der Waals surface area contributed by atoms with Crippen LogP contribution in [0.2, 0.25) is 0 Å². The van der Waals surface area contributed by atoms with E-state index < -0.39 is 11.4 Å². The van der Waals surface area contributed by atoms with Crippen molar-refractivity contribution in [2.24, 2.45) is 5.41 Å². The van der Waals surface area contributed by atoms with Crippen LogP contribution in [0.15, 0.2) is 28.8 Å². The lowest BCUT2D eigenvalue weighted by Crippen LogP contribution is -2.34. The molecule has 1 N–H and O–H groups in total. The van der Waals surface area contributed by atoms with Crippen molar-refractivity contribution in [2.75, 3.05) is 13.1 Å². The van der Waals surface area contributed by atoms with Crippen LogP contribution in [0.5, 0.6) is 5.75 Å². The molecular weight excluding hydrogens is 326 g/mol. The number of carboxylic acid groups (broad SMARTS) is 1. The molecule has 3 rings (SSSR count). The number of aromatic nitrogens is 2. The summed E-state index contributed by atoms with van der Waals surface area (Å²) >= 11 is 0. The van der Waals surface area contributed by atoms with Gasteiger partial charge >= 0.3 is 5.97 Å². The quantitative estimate of drug-likeness (QED) is 0.882. The Morgan fingerprint density at radius 3 is 2.88 bits per heavy atom. The van der Waals surface area contributed by atoms with E-state index in [9.17, 15) is 14.7 Å². The molecule has 1 saturated heterocycles. The molecule has 0 radical (unpaired) electrons. The maximum absolute atomic E-state index is 12.6. The first-order valence-electron chi connectivity index (χ1n) is 7.92. The lowest BCUT2D eigenvalue weighted by atomic mass is 9.90. The van der Waals surface area contributed by atoms with E-state index in [4.69, 9.17) is 9.26 Å². The molecule has 0 bridgehead atoms. The van der Waals surface area contributed by atoms with Gasteiger partial charge < -0.3 is 19.3 Å². The van der Waals surface area contributed by atoms with Crippen molar-refractivity contribution < 1.29 is 24.0 Å². The van der Waals surface area contributed by atoms with Gasteiger partial charge in [-0.1, -0.05) is 11.2 Å². The topological polar surface area (TPSA) is 106 Å². The lowest BCUT2D eigenvalue weighted by Gasteiger charge is -2.20. The number of nitrogens with zero attached hydrogens (tertiary/aromatic N) is 3. The Bertz CT molecular complexity index is 803. The van der Waals surface area contributed by atoms with Gasteiger partial charge in [-0.25, -0.2) is 0 Å². The van der Waals surface area contributed by atoms with Crippen LogP contribution in [0.25, 0.3) is 0 Å². The number of amides is 1. The van der Waals surface area contributed by atoms with Gasteiger partial charge in [0.25, 0.3) is 5.91 Å². The number of carbonyl (C=O) groups is 2. The summed E-state index contributed by atoms with van der Waals surface area (Å²) < 4.78 is 10.5. The Kier molecular flexibility index (Phi) is 4.43. The van der Waals surface area contributed by atoms with Gasteiger partial charge in [-0.2, -0.15) is 4.98 Å². The van der Waals surface area contributed by atoms with Crippen molar-refractivity contribution in [3.8, 4) is 5.75 Å². The largest absolute Gasteiger partial charge is 0.485 e. The van der Waals surface area contributed by atoms with Crippen molar-refractivity contribution in [3.63, 3.8) is 0 Å². The molecule has 8 nitrogen and oxygen atoms in total. The minimum atomic E-state index is -0.889. The summed E-state index contributed by atoms with van der Waals surface area (Å²) in [5, 5.41) is 13.0. The van der Waals surface area contributed by atoms with E-state index in [1.54, 1.807) is 43.0 Å². The normalized spacial score (nSPS) is 19.8. The maximum Gasteiger partial charge on any atom is 0.311 e. The summed E-state index contributed by atoms with van der Waals surface area (Å²) in [6.45, 7) is 4.12. The Morgan fingerprint density at radius 1 is 1.44 bits per heavy atom. The summed E-state index contributed by atoms with van der Waals surface area (Å²) in [7, 11) is 0. The Labute approximate surface area is 144 Å². The molecule has 1 unspecified atom stereocenters. The molecule has 0 aliphatic carbocycles. The van der Waals surface area contributed by atoms with Crippen LogP contribution in [0, 0.1) is 12.3 Å². The van der Waals surface area contributed by atoms with E-state index in [1.165, 1.54) is 0 Å². The summed E-state index contributed by atoms with van der Waals surface area (Å²) in [5.41, 5.74) is -0.434. The zero-order valence-electron chi connectivity index (χ0n) is 14.1. The van der Waals surface area contributed by atoms with Gasteiger partial charge in [0.15, 0.2) is 6.61 Å². The second kappa shape index (κ2) is 6.54. The molecule has 2 aromatic rings. The van der Waals surface area contributed by atoms with Gasteiger partial charge in [-0.05, 0) is 31.5 Å². The average molecular weight is 345 g/mol. The minimum Gasteiger partial charge on any atom is -0.485 e. The third-order valence-electron chi connectivity index (χ3n) is 4.30. The highest BCUT2D eigenvalue weighted by atomic mass is 16.5. The average Bonchev–Trinajstić information content (AvgIpc) is 3.19. The zero-order valence-corrected chi connectivity index (χ0v) is 14.1. The molecule has 1 aliphatic rings. The van der Waals surface area contributed by atoms with E-state index >= 15 is 0 Å². The molecule has 1 fully saturated rings. The highest BCUT2D eigenvalue weighted by Crippen LogP contribution is 2.31. The number of hydrogen-bond donors (Lipinski definition) is 1. The van der Waals surface area contributed by atoms with Gasteiger partial charge in [0.1, 0.15) is 5.75 Å². The fraction of sp³-hybridized carbons (Fsp3) is 0.412. The molecule has 8 heteroatoms. The van der Waals surface area contributed by atoms with E-state index in [0.717, 1.165) is 0 Å². The number of benzene rings is 1. The SMILES string of the molecule is Cc1nc(COc2cccc(C(=O)N3CCC(C)(C(=O)O)C3)c2)no1. The van der Waals surface area contributed by atoms with Crippen LogP contribution in [0.1, 0.15) is 35.4 Å². The predicted molar refractivity (Wildman–Crippen MR) is 86.1 cm³/mol. The van der Waals surface area contributed by atoms with Crippen LogP contribution < -0.4 is 4.74 Å². The smallest absolute Gasteiger partial charge is 0.311 e. The van der Waals surface area contributed by atoms with E-state index in [-0.39, 0.29) is 19.1 Å². The number of ether oxygens (including phenoxy) is 1. The first kappa shape index (κ1) is 16.9. The third kappa shape index (κ3) is 3.62. The van der Waals surface area contributed by atoms with Crippen LogP contribution in [-0.2, 0) is 11.4 Å². The predicted octanol–water partition coefficient (Wildman–Crippen LogP) is 1.89. The number of rotatable bonds is 5. The monoisotopic (exact) mass is 345 g/mol. The van der Waals surface area contributed by atoms with Crippen molar-refractivity contribution in [3.05, 3.63) is 41.5 Å². The first-order chi connectivity index (χ1) is 11.9. The molecule has 1 amide bonds. The van der Waals surface area contributed by atoms with Crippen molar-refractivity contribution >= 4 is 11.9 Å². The van der Waals surface area contributed by atoms with Crippen LogP contribution in [-0.4, -0.2) is 45.1 Å². The second-order valence-electron chi connectivity index (χ2n) is 6.39. The molecule has 0 spiro atoms. The van der Waals surface area contributed by atoms with Crippen LogP contribution >= 0.6 is 0 Å². The van der Waals surface area contributed by atoms with Crippen molar-refractivity contribution in [2.45, 2.75) is 26.9 Å². The molecule has 1 atom stereocenters. The summed E-state index contributed by atoms with van der Waals surface area (Å²) in [6.07, 6.45) is 0.446. The molecular formula is C17H19N3O5. The van der Waals surface area contributed by atoms with E-state index in [0.29, 0.717) is 36.0 Å². The van der Waals surface area contributed by atoms with Crippen molar-refractivity contribution in [1.82, 2.24) is 15.0 Å². The second-order valence-corrected chi connectivity index (χ2v) is 6.39. The number of carboxylic acids is 1. The fourth-order valence-corrected chi connectivity index (χ4v) is 2.76. The number of aryl methyl sites for hydroxylation is 1. The number of carbonyl (C=O) groups excluding carboxylic acids is 1. The fourth-order valence-electron chi connectivity index (χ4n) is 2.76.